The van der Waals surface area contributed by atoms with Gasteiger partial charge in [0.1, 0.15) is 6.61 Å². The number of carbonyl (C=O) groups is 3. The second-order valence-corrected chi connectivity index (χ2v) is 8.66. The van der Waals surface area contributed by atoms with Crippen molar-refractivity contribution in [3.8, 4) is 11.1 Å². The molecule has 3 N–H and O–H groups in total. The Balaban J connectivity index is 1.34. The standard InChI is InChI=1S/C28H28N2O5/c1-3-18(15-26(31)29-19-13-12-17(2)24(14-19)27(32)33)30-28(34)35-16-25-22-10-6-4-8-20(22)21-9-5-7-11-23(21)25/h4-14,18,25H,3,15-16H2,1-2H3,(H,29,31)(H,30,34)(H,32,33). The molecule has 0 saturated heterocycles. The van der Waals surface area contributed by atoms with E-state index in [0.29, 0.717) is 17.7 Å². The lowest BCUT2D eigenvalue weighted by Crippen LogP contribution is -2.38. The number of fused-ring (bicyclic) bond motifs is 3. The molecule has 3 aromatic rings. The van der Waals surface area contributed by atoms with E-state index in [-0.39, 0.29) is 30.4 Å². The first-order valence-electron chi connectivity index (χ1n) is 11.6. The van der Waals surface area contributed by atoms with Crippen LogP contribution >= 0.6 is 0 Å². The predicted molar refractivity (Wildman–Crippen MR) is 134 cm³/mol. The molecule has 7 nitrogen and oxygen atoms in total. The van der Waals surface area contributed by atoms with Crippen molar-refractivity contribution in [3.63, 3.8) is 0 Å². The number of hydrogen-bond donors (Lipinski definition) is 3. The van der Waals surface area contributed by atoms with E-state index in [1.807, 2.05) is 31.2 Å². The van der Waals surface area contributed by atoms with E-state index in [4.69, 9.17) is 4.74 Å². The van der Waals surface area contributed by atoms with Gasteiger partial charge in [-0.25, -0.2) is 9.59 Å². The third kappa shape index (κ3) is 5.35. The molecule has 3 aromatic carbocycles. The molecule has 4 rings (SSSR count). The third-order valence-corrected chi connectivity index (χ3v) is 6.34. The SMILES string of the molecule is CCC(CC(=O)Nc1ccc(C)c(C(=O)O)c1)NC(=O)OCC1c2ccccc2-c2ccccc21. The molecular formula is C28H28N2O5. The molecule has 0 radical (unpaired) electrons. The molecular weight excluding hydrogens is 444 g/mol. The molecule has 0 bridgehead atoms. The molecule has 0 fully saturated rings. The van der Waals surface area contributed by atoms with E-state index in [9.17, 15) is 19.5 Å². The number of nitrogens with one attached hydrogen (secondary N) is 2. The quantitative estimate of drug-likeness (QED) is 0.411. The monoisotopic (exact) mass is 472 g/mol. The number of benzene rings is 3. The van der Waals surface area contributed by atoms with E-state index >= 15 is 0 Å². The Morgan fingerprint density at radius 1 is 0.971 bits per heavy atom. The zero-order valence-corrected chi connectivity index (χ0v) is 19.7. The van der Waals surface area contributed by atoms with Gasteiger partial charge in [-0.15, -0.1) is 0 Å². The van der Waals surface area contributed by atoms with Crippen molar-refractivity contribution in [2.45, 2.75) is 38.6 Å². The summed E-state index contributed by atoms with van der Waals surface area (Å²) >= 11 is 0. The van der Waals surface area contributed by atoms with E-state index in [1.165, 1.54) is 6.07 Å². The summed E-state index contributed by atoms with van der Waals surface area (Å²) < 4.78 is 5.58. The fraction of sp³-hybridized carbons (Fsp3) is 0.250. The fourth-order valence-electron chi connectivity index (χ4n) is 4.47. The molecule has 1 aliphatic carbocycles. The number of carboxylic acid groups (broad SMARTS) is 1. The zero-order valence-electron chi connectivity index (χ0n) is 19.7. The highest BCUT2D eigenvalue weighted by molar-refractivity contribution is 5.95. The highest BCUT2D eigenvalue weighted by Gasteiger charge is 2.29. The van der Waals surface area contributed by atoms with E-state index < -0.39 is 18.1 Å². The smallest absolute Gasteiger partial charge is 0.407 e. The van der Waals surface area contributed by atoms with Gasteiger partial charge in [-0.05, 0) is 53.3 Å². The number of carboxylic acids is 1. The number of ether oxygens (including phenoxy) is 1. The van der Waals surface area contributed by atoms with Gasteiger partial charge < -0.3 is 20.5 Å². The Labute approximate surface area is 204 Å². The van der Waals surface area contributed by atoms with Crippen LogP contribution in [-0.2, 0) is 9.53 Å². The summed E-state index contributed by atoms with van der Waals surface area (Å²) in [5.74, 6) is -1.42. The average Bonchev–Trinajstić information content (AvgIpc) is 3.17. The molecule has 7 heteroatoms. The maximum Gasteiger partial charge on any atom is 0.407 e. The summed E-state index contributed by atoms with van der Waals surface area (Å²) in [5.41, 5.74) is 5.71. The first-order chi connectivity index (χ1) is 16.9. The van der Waals surface area contributed by atoms with Crippen LogP contribution in [0, 0.1) is 6.92 Å². The topological polar surface area (TPSA) is 105 Å². The van der Waals surface area contributed by atoms with Crippen molar-refractivity contribution in [3.05, 3.63) is 89.0 Å². The van der Waals surface area contributed by atoms with Gasteiger partial charge >= 0.3 is 12.1 Å². The summed E-state index contributed by atoms with van der Waals surface area (Å²) in [6, 6.07) is 20.5. The largest absolute Gasteiger partial charge is 0.478 e. The van der Waals surface area contributed by atoms with Crippen LogP contribution < -0.4 is 10.6 Å². The lowest BCUT2D eigenvalue weighted by molar-refractivity contribution is -0.116. The van der Waals surface area contributed by atoms with Crippen molar-refractivity contribution < 1.29 is 24.2 Å². The Bertz CT molecular complexity index is 1220. The van der Waals surface area contributed by atoms with Crippen molar-refractivity contribution in [2.24, 2.45) is 0 Å². The van der Waals surface area contributed by atoms with Crippen LogP contribution in [0.3, 0.4) is 0 Å². The molecule has 0 aromatic heterocycles. The normalized spacial score (nSPS) is 12.9. The predicted octanol–water partition coefficient (Wildman–Crippen LogP) is 5.34. The van der Waals surface area contributed by atoms with E-state index in [0.717, 1.165) is 22.3 Å². The number of anilines is 1. The number of amides is 2. The maximum atomic E-state index is 12.6. The minimum absolute atomic E-state index is 0.0387. The van der Waals surface area contributed by atoms with Crippen LogP contribution in [0.4, 0.5) is 10.5 Å². The zero-order chi connectivity index (χ0) is 24.9. The van der Waals surface area contributed by atoms with Gasteiger partial charge in [0.25, 0.3) is 0 Å². The van der Waals surface area contributed by atoms with Gasteiger partial charge in [0.2, 0.25) is 5.91 Å². The summed E-state index contributed by atoms with van der Waals surface area (Å²) in [6.07, 6.45) is -0.00178. The summed E-state index contributed by atoms with van der Waals surface area (Å²) in [5, 5.41) is 14.8. The van der Waals surface area contributed by atoms with Gasteiger partial charge in [-0.2, -0.15) is 0 Å². The molecule has 1 unspecified atom stereocenters. The van der Waals surface area contributed by atoms with Crippen LogP contribution in [-0.4, -0.2) is 35.7 Å². The molecule has 1 atom stereocenters. The van der Waals surface area contributed by atoms with Gasteiger partial charge in [0, 0.05) is 24.1 Å². The Morgan fingerprint density at radius 2 is 1.60 bits per heavy atom. The van der Waals surface area contributed by atoms with Crippen LogP contribution in [0.5, 0.6) is 0 Å². The minimum Gasteiger partial charge on any atom is -0.478 e. The Morgan fingerprint density at radius 3 is 2.20 bits per heavy atom. The number of aromatic carboxylic acids is 1. The second-order valence-electron chi connectivity index (χ2n) is 8.66. The average molecular weight is 473 g/mol. The molecule has 1 aliphatic rings. The first kappa shape index (κ1) is 24.0. The van der Waals surface area contributed by atoms with Gasteiger partial charge in [0.15, 0.2) is 0 Å². The van der Waals surface area contributed by atoms with Crippen LogP contribution in [0.2, 0.25) is 0 Å². The maximum absolute atomic E-state index is 12.6. The molecule has 0 spiro atoms. The molecule has 180 valence electrons. The van der Waals surface area contributed by atoms with Gasteiger partial charge in [0.05, 0.1) is 5.56 Å². The van der Waals surface area contributed by atoms with Gasteiger partial charge in [-0.1, -0.05) is 61.5 Å². The highest BCUT2D eigenvalue weighted by atomic mass is 16.5. The summed E-state index contributed by atoms with van der Waals surface area (Å²) in [6.45, 7) is 3.76. The van der Waals surface area contributed by atoms with E-state index in [2.05, 4.69) is 34.9 Å². The van der Waals surface area contributed by atoms with Gasteiger partial charge in [-0.3, -0.25) is 4.79 Å². The van der Waals surface area contributed by atoms with Crippen LogP contribution in [0.1, 0.15) is 52.7 Å². The number of rotatable bonds is 8. The summed E-state index contributed by atoms with van der Waals surface area (Å²) in [4.78, 5) is 36.4. The Hall–Kier alpha value is -4.13. The molecule has 2 amide bonds. The number of alkyl carbamates (subject to hydrolysis) is 1. The van der Waals surface area contributed by atoms with Crippen molar-refractivity contribution in [2.75, 3.05) is 11.9 Å². The molecule has 0 aliphatic heterocycles. The van der Waals surface area contributed by atoms with Crippen molar-refractivity contribution in [1.29, 1.82) is 0 Å². The lowest BCUT2D eigenvalue weighted by atomic mass is 9.98. The first-order valence-corrected chi connectivity index (χ1v) is 11.6. The number of hydrogen-bond acceptors (Lipinski definition) is 4. The molecule has 0 heterocycles. The summed E-state index contributed by atoms with van der Waals surface area (Å²) in [7, 11) is 0. The van der Waals surface area contributed by atoms with Crippen LogP contribution in [0.15, 0.2) is 66.7 Å². The Kier molecular flexibility index (Phi) is 7.15. The molecule has 0 saturated carbocycles. The minimum atomic E-state index is -1.05. The highest BCUT2D eigenvalue weighted by Crippen LogP contribution is 2.44. The lowest BCUT2D eigenvalue weighted by Gasteiger charge is -2.19. The number of aryl methyl sites for hydroxylation is 1. The number of carbonyl (C=O) groups excluding carboxylic acids is 2. The molecule has 35 heavy (non-hydrogen) atoms. The van der Waals surface area contributed by atoms with E-state index in [1.54, 1.807) is 19.1 Å². The fourth-order valence-corrected chi connectivity index (χ4v) is 4.47. The van der Waals surface area contributed by atoms with Crippen LogP contribution in [0.25, 0.3) is 11.1 Å². The van der Waals surface area contributed by atoms with Crippen molar-refractivity contribution in [1.82, 2.24) is 5.32 Å². The second kappa shape index (κ2) is 10.4. The van der Waals surface area contributed by atoms with Crippen molar-refractivity contribution >= 4 is 23.7 Å². The third-order valence-electron chi connectivity index (χ3n) is 6.34.